The van der Waals surface area contributed by atoms with Crippen LogP contribution >= 0.6 is 0 Å². The Morgan fingerprint density at radius 1 is 1.15 bits per heavy atom. The summed E-state index contributed by atoms with van der Waals surface area (Å²) in [6.07, 6.45) is 8.17. The molecule has 2 aliphatic rings. The molecule has 5 rings (SSSR count). The molecule has 0 saturated carbocycles. The Balaban J connectivity index is 1.41. The van der Waals surface area contributed by atoms with Gasteiger partial charge in [-0.1, -0.05) is 6.07 Å². The monoisotopic (exact) mass is 363 g/mol. The maximum atomic E-state index is 13.1. The zero-order valence-electron chi connectivity index (χ0n) is 14.9. The molecule has 1 unspecified atom stereocenters. The lowest BCUT2D eigenvalue weighted by Gasteiger charge is -2.37. The molecule has 2 saturated heterocycles. The second kappa shape index (κ2) is 6.42. The van der Waals surface area contributed by atoms with Gasteiger partial charge in [-0.05, 0) is 43.9 Å². The van der Waals surface area contributed by atoms with Crippen LogP contribution < -0.4 is 0 Å². The maximum Gasteiger partial charge on any atom is 0.256 e. The summed E-state index contributed by atoms with van der Waals surface area (Å²) in [5.41, 5.74) is 2.96. The molecule has 138 valence electrons. The van der Waals surface area contributed by atoms with Gasteiger partial charge in [0.1, 0.15) is 5.52 Å². The minimum Gasteiger partial charge on any atom is -0.393 e. The molecule has 2 aliphatic heterocycles. The van der Waals surface area contributed by atoms with Crippen molar-refractivity contribution in [1.82, 2.24) is 24.4 Å². The first-order valence-electron chi connectivity index (χ1n) is 9.40. The summed E-state index contributed by atoms with van der Waals surface area (Å²) in [6.45, 7) is 0.589. The fourth-order valence-electron chi connectivity index (χ4n) is 4.48. The molecule has 3 aromatic heterocycles. The van der Waals surface area contributed by atoms with Crippen LogP contribution in [0.15, 0.2) is 43.0 Å². The number of hydrogen-bond donors (Lipinski definition) is 1. The summed E-state index contributed by atoms with van der Waals surface area (Å²) in [5, 5.41) is 9.96. The Hall–Kier alpha value is -2.80. The summed E-state index contributed by atoms with van der Waals surface area (Å²) in [5.74, 6) is 0.00285. The van der Waals surface area contributed by atoms with Gasteiger partial charge in [0.05, 0.1) is 30.2 Å². The van der Waals surface area contributed by atoms with Crippen molar-refractivity contribution in [3.05, 3.63) is 54.2 Å². The summed E-state index contributed by atoms with van der Waals surface area (Å²) >= 11 is 0. The number of aliphatic hydroxyl groups excluding tert-OH is 1. The van der Waals surface area contributed by atoms with Gasteiger partial charge in [-0.2, -0.15) is 0 Å². The number of piperidine rings is 1. The number of carbonyl (C=O) groups is 1. The predicted octanol–water partition coefficient (Wildman–Crippen LogP) is 2.00. The van der Waals surface area contributed by atoms with Crippen LogP contribution in [0.4, 0.5) is 0 Å². The molecule has 0 aliphatic carbocycles. The second-order valence-electron chi connectivity index (χ2n) is 7.48. The third-order valence-electron chi connectivity index (χ3n) is 5.70. The second-order valence-corrected chi connectivity index (χ2v) is 7.48. The van der Waals surface area contributed by atoms with Crippen LogP contribution in [0.1, 0.15) is 41.7 Å². The first kappa shape index (κ1) is 16.4. The van der Waals surface area contributed by atoms with Gasteiger partial charge >= 0.3 is 0 Å². The minimum absolute atomic E-state index is 0.00285. The highest BCUT2D eigenvalue weighted by molar-refractivity contribution is 5.97. The third-order valence-corrected chi connectivity index (χ3v) is 5.70. The van der Waals surface area contributed by atoms with Crippen molar-refractivity contribution >= 4 is 17.1 Å². The van der Waals surface area contributed by atoms with Crippen LogP contribution in [0, 0.1) is 0 Å². The van der Waals surface area contributed by atoms with Crippen LogP contribution in [0.5, 0.6) is 0 Å². The molecule has 7 nitrogen and oxygen atoms in total. The maximum absolute atomic E-state index is 13.1. The fourth-order valence-corrected chi connectivity index (χ4v) is 4.48. The lowest BCUT2D eigenvalue weighted by atomic mass is 9.99. The van der Waals surface area contributed by atoms with Gasteiger partial charge in [0, 0.05) is 24.5 Å². The van der Waals surface area contributed by atoms with Gasteiger partial charge in [-0.15, -0.1) is 0 Å². The summed E-state index contributed by atoms with van der Waals surface area (Å²) in [4.78, 5) is 28.3. The summed E-state index contributed by atoms with van der Waals surface area (Å²) in [6, 6.07) is 7.91. The number of carbonyl (C=O) groups excluding carboxylic acids is 1. The van der Waals surface area contributed by atoms with E-state index in [-0.39, 0.29) is 24.1 Å². The van der Waals surface area contributed by atoms with Crippen LogP contribution in [0.3, 0.4) is 0 Å². The highest BCUT2D eigenvalue weighted by atomic mass is 16.3. The van der Waals surface area contributed by atoms with E-state index in [1.165, 1.54) is 0 Å². The Bertz CT molecular complexity index is 972. The van der Waals surface area contributed by atoms with E-state index in [9.17, 15) is 9.90 Å². The van der Waals surface area contributed by atoms with Crippen molar-refractivity contribution in [2.24, 2.45) is 0 Å². The van der Waals surface area contributed by atoms with Crippen molar-refractivity contribution < 1.29 is 9.90 Å². The Labute approximate surface area is 156 Å². The molecule has 7 heteroatoms. The zero-order chi connectivity index (χ0) is 18.4. The van der Waals surface area contributed by atoms with Crippen molar-refractivity contribution in [3.8, 4) is 0 Å². The van der Waals surface area contributed by atoms with Crippen molar-refractivity contribution in [3.63, 3.8) is 0 Å². The Morgan fingerprint density at radius 3 is 2.70 bits per heavy atom. The number of pyridine rings is 2. The number of aliphatic hydroxyl groups is 1. The molecule has 3 aromatic rings. The van der Waals surface area contributed by atoms with Crippen LogP contribution in [-0.2, 0) is 6.54 Å². The highest BCUT2D eigenvalue weighted by Gasteiger charge is 2.43. The first-order chi connectivity index (χ1) is 13.2. The van der Waals surface area contributed by atoms with Crippen molar-refractivity contribution in [2.45, 2.75) is 50.4 Å². The standard InChI is InChI=1S/C20H21N5O2/c26-17-8-15-4-5-16(9-17)25(15)20(27)13-7-18-19(22-10-13)24(12-23-18)11-14-3-1-2-6-21-14/h1-3,6-7,10,12,15-17,26H,4-5,8-9,11H2/t15-,16+,17?. The molecule has 2 fully saturated rings. The fraction of sp³-hybridized carbons (Fsp3) is 0.400. The van der Waals surface area contributed by atoms with E-state index >= 15 is 0 Å². The number of nitrogens with zero attached hydrogens (tertiary/aromatic N) is 5. The molecular weight excluding hydrogens is 342 g/mol. The zero-order valence-corrected chi connectivity index (χ0v) is 14.9. The van der Waals surface area contributed by atoms with Crippen molar-refractivity contribution in [1.29, 1.82) is 0 Å². The molecule has 5 heterocycles. The highest BCUT2D eigenvalue weighted by Crippen LogP contribution is 2.36. The largest absolute Gasteiger partial charge is 0.393 e. The summed E-state index contributed by atoms with van der Waals surface area (Å²) < 4.78 is 1.94. The van der Waals surface area contributed by atoms with E-state index in [1.54, 1.807) is 18.7 Å². The number of hydrogen-bond acceptors (Lipinski definition) is 5. The van der Waals surface area contributed by atoms with Gasteiger partial charge in [-0.25, -0.2) is 9.97 Å². The number of amides is 1. The van der Waals surface area contributed by atoms with Crippen LogP contribution in [-0.4, -0.2) is 53.6 Å². The quantitative estimate of drug-likeness (QED) is 0.769. The predicted molar refractivity (Wildman–Crippen MR) is 99.1 cm³/mol. The number of aromatic nitrogens is 4. The van der Waals surface area contributed by atoms with Gasteiger partial charge in [-0.3, -0.25) is 9.78 Å². The van der Waals surface area contributed by atoms with Gasteiger partial charge in [0.15, 0.2) is 5.65 Å². The Morgan fingerprint density at radius 2 is 1.96 bits per heavy atom. The third kappa shape index (κ3) is 2.88. The molecule has 27 heavy (non-hydrogen) atoms. The first-order valence-corrected chi connectivity index (χ1v) is 9.40. The molecule has 2 bridgehead atoms. The minimum atomic E-state index is -0.283. The Kier molecular flexibility index (Phi) is 3.89. The van der Waals surface area contributed by atoms with E-state index < -0.39 is 0 Å². The SMILES string of the molecule is O=C(c1cnc2c(c1)ncn2Cc1ccccn1)N1[C@@H]2CC[C@H]1CC(O)C2. The number of fused-ring (bicyclic) bond motifs is 3. The molecule has 0 aromatic carbocycles. The smallest absolute Gasteiger partial charge is 0.256 e. The number of imidazole rings is 1. The molecule has 0 radical (unpaired) electrons. The normalized spacial score (nSPS) is 24.5. The molecule has 0 spiro atoms. The molecule has 1 amide bonds. The lowest BCUT2D eigenvalue weighted by molar-refractivity contribution is 0.0286. The van der Waals surface area contributed by atoms with Crippen molar-refractivity contribution in [2.75, 3.05) is 0 Å². The van der Waals surface area contributed by atoms with Gasteiger partial charge < -0.3 is 14.6 Å². The van der Waals surface area contributed by atoms with E-state index in [4.69, 9.17) is 0 Å². The molecule has 1 N–H and O–H groups in total. The van der Waals surface area contributed by atoms with Gasteiger partial charge in [0.2, 0.25) is 0 Å². The average molecular weight is 363 g/mol. The number of rotatable bonds is 3. The van der Waals surface area contributed by atoms with Crippen LogP contribution in [0.2, 0.25) is 0 Å². The van der Waals surface area contributed by atoms with E-state index in [0.29, 0.717) is 30.5 Å². The van der Waals surface area contributed by atoms with Crippen LogP contribution in [0.25, 0.3) is 11.2 Å². The average Bonchev–Trinajstić information content (AvgIpc) is 3.20. The molecular formula is C20H21N5O2. The van der Waals surface area contributed by atoms with E-state index in [2.05, 4.69) is 15.0 Å². The lowest BCUT2D eigenvalue weighted by Crippen LogP contribution is -2.48. The summed E-state index contributed by atoms with van der Waals surface area (Å²) in [7, 11) is 0. The van der Waals surface area contributed by atoms with E-state index in [0.717, 1.165) is 24.2 Å². The van der Waals surface area contributed by atoms with Gasteiger partial charge in [0.25, 0.3) is 5.91 Å². The topological polar surface area (TPSA) is 84.1 Å². The van der Waals surface area contributed by atoms with E-state index in [1.807, 2.05) is 33.7 Å². The molecule has 3 atom stereocenters.